The van der Waals surface area contributed by atoms with Gasteiger partial charge in [0.1, 0.15) is 0 Å². The van der Waals surface area contributed by atoms with Crippen LogP contribution in [0, 0.1) is 19.7 Å². The van der Waals surface area contributed by atoms with Gasteiger partial charge in [-0.05, 0) is 32.0 Å². The highest BCUT2D eigenvalue weighted by Gasteiger charge is 2.10. The minimum Gasteiger partial charge on any atom is -0.323 e. The van der Waals surface area contributed by atoms with Gasteiger partial charge in [0.05, 0.1) is 16.4 Å². The Labute approximate surface area is 121 Å². The number of halogens is 2. The van der Waals surface area contributed by atoms with Crippen LogP contribution >= 0.6 is 11.6 Å². The normalized spacial score (nSPS) is 10.6. The molecular weight excluding hydrogens is 281 g/mol. The van der Waals surface area contributed by atoms with Crippen LogP contribution in [0.2, 0.25) is 5.02 Å². The average molecular weight is 296 g/mol. The Morgan fingerprint density at radius 1 is 1.45 bits per heavy atom. The van der Waals surface area contributed by atoms with Gasteiger partial charge >= 0.3 is 0 Å². The van der Waals surface area contributed by atoms with E-state index in [2.05, 4.69) is 10.4 Å². The fourth-order valence-corrected chi connectivity index (χ4v) is 2.10. The van der Waals surface area contributed by atoms with E-state index in [1.54, 1.807) is 10.7 Å². The molecule has 1 aromatic carbocycles. The van der Waals surface area contributed by atoms with E-state index in [-0.39, 0.29) is 23.0 Å². The summed E-state index contributed by atoms with van der Waals surface area (Å²) in [6.07, 6.45) is 0.216. The Bertz CT molecular complexity index is 639. The van der Waals surface area contributed by atoms with Crippen LogP contribution in [0.1, 0.15) is 17.8 Å². The summed E-state index contributed by atoms with van der Waals surface area (Å²) in [5.74, 6) is -0.896. The molecule has 0 unspecified atom stereocenters. The summed E-state index contributed by atoms with van der Waals surface area (Å²) < 4.78 is 15.4. The molecule has 0 radical (unpaired) electrons. The minimum atomic E-state index is -0.617. The Morgan fingerprint density at radius 3 is 2.85 bits per heavy atom. The van der Waals surface area contributed by atoms with Crippen LogP contribution in [0.4, 0.5) is 10.1 Å². The number of benzene rings is 1. The second-order valence-electron chi connectivity index (χ2n) is 4.55. The zero-order valence-corrected chi connectivity index (χ0v) is 12.0. The molecule has 0 aliphatic heterocycles. The maximum Gasteiger partial charge on any atom is 0.226 e. The molecule has 0 saturated heterocycles. The van der Waals surface area contributed by atoms with Crippen molar-refractivity contribution < 1.29 is 9.18 Å². The van der Waals surface area contributed by atoms with Crippen LogP contribution in [0.5, 0.6) is 0 Å². The van der Waals surface area contributed by atoms with E-state index in [9.17, 15) is 9.18 Å². The summed E-state index contributed by atoms with van der Waals surface area (Å²) >= 11 is 5.65. The minimum absolute atomic E-state index is 0.0126. The molecule has 2 rings (SSSR count). The van der Waals surface area contributed by atoms with E-state index in [0.29, 0.717) is 6.54 Å². The topological polar surface area (TPSA) is 46.9 Å². The molecule has 0 fully saturated rings. The van der Waals surface area contributed by atoms with E-state index in [1.165, 1.54) is 12.1 Å². The van der Waals surface area contributed by atoms with Gasteiger partial charge in [0.2, 0.25) is 5.91 Å². The van der Waals surface area contributed by atoms with Gasteiger partial charge in [-0.1, -0.05) is 17.7 Å². The SMILES string of the molecule is Cc1cc(C)n(CCC(=O)Nc2cccc(Cl)c2F)n1. The lowest BCUT2D eigenvalue weighted by Gasteiger charge is -2.08. The van der Waals surface area contributed by atoms with Gasteiger partial charge in [-0.2, -0.15) is 5.10 Å². The van der Waals surface area contributed by atoms with Crippen molar-refractivity contribution in [2.45, 2.75) is 26.8 Å². The number of carbonyl (C=O) groups excluding carboxylic acids is 1. The van der Waals surface area contributed by atoms with Gasteiger partial charge in [0, 0.05) is 18.7 Å². The predicted octanol–water partition coefficient (Wildman–Crippen LogP) is 3.32. The van der Waals surface area contributed by atoms with Crippen LogP contribution in [0.15, 0.2) is 24.3 Å². The number of hydrogen-bond acceptors (Lipinski definition) is 2. The molecule has 0 spiro atoms. The van der Waals surface area contributed by atoms with Gasteiger partial charge in [-0.25, -0.2) is 4.39 Å². The molecule has 0 aliphatic rings. The van der Waals surface area contributed by atoms with E-state index in [0.717, 1.165) is 11.4 Å². The molecule has 0 aliphatic carbocycles. The average Bonchev–Trinajstić information content (AvgIpc) is 2.71. The smallest absolute Gasteiger partial charge is 0.226 e. The van der Waals surface area contributed by atoms with Gasteiger partial charge in [-0.3, -0.25) is 9.48 Å². The number of nitrogens with one attached hydrogen (secondary N) is 1. The Morgan fingerprint density at radius 2 is 2.20 bits per heavy atom. The van der Waals surface area contributed by atoms with Crippen molar-refractivity contribution in [2.24, 2.45) is 0 Å². The number of hydrogen-bond donors (Lipinski definition) is 1. The van der Waals surface area contributed by atoms with Gasteiger partial charge in [0.15, 0.2) is 5.82 Å². The van der Waals surface area contributed by atoms with E-state index < -0.39 is 5.82 Å². The second-order valence-corrected chi connectivity index (χ2v) is 4.96. The van der Waals surface area contributed by atoms with Gasteiger partial charge in [0.25, 0.3) is 0 Å². The summed E-state index contributed by atoms with van der Waals surface area (Å²) in [4.78, 5) is 11.8. The molecule has 2 aromatic rings. The van der Waals surface area contributed by atoms with Crippen molar-refractivity contribution in [2.75, 3.05) is 5.32 Å². The van der Waals surface area contributed by atoms with Crippen molar-refractivity contribution in [3.8, 4) is 0 Å². The first kappa shape index (κ1) is 14.5. The summed E-state index contributed by atoms with van der Waals surface area (Å²) in [5, 5.41) is 6.76. The van der Waals surface area contributed by atoms with Gasteiger partial charge in [-0.15, -0.1) is 0 Å². The summed E-state index contributed by atoms with van der Waals surface area (Å²) in [7, 11) is 0. The molecule has 106 valence electrons. The number of aryl methyl sites for hydroxylation is 3. The molecular formula is C14H15ClFN3O. The maximum atomic E-state index is 13.6. The molecule has 0 bridgehead atoms. The molecule has 1 heterocycles. The highest BCUT2D eigenvalue weighted by molar-refractivity contribution is 6.31. The van der Waals surface area contributed by atoms with Gasteiger partial charge < -0.3 is 5.32 Å². The summed E-state index contributed by atoms with van der Waals surface area (Å²) in [6, 6.07) is 6.43. The molecule has 0 atom stereocenters. The Kier molecular flexibility index (Phi) is 4.39. The van der Waals surface area contributed by atoms with Crippen molar-refractivity contribution in [3.05, 3.63) is 46.5 Å². The summed E-state index contributed by atoms with van der Waals surface area (Å²) in [5.41, 5.74) is 1.99. The monoisotopic (exact) mass is 295 g/mol. The molecule has 4 nitrogen and oxygen atoms in total. The molecule has 1 amide bonds. The predicted molar refractivity (Wildman–Crippen MR) is 76.4 cm³/mol. The lowest BCUT2D eigenvalue weighted by Crippen LogP contribution is -2.16. The molecule has 0 saturated carbocycles. The molecule has 1 N–H and O–H groups in total. The summed E-state index contributed by atoms with van der Waals surface area (Å²) in [6.45, 7) is 4.27. The number of rotatable bonds is 4. The van der Waals surface area contributed by atoms with Crippen LogP contribution in [0.3, 0.4) is 0 Å². The molecule has 6 heteroatoms. The lowest BCUT2D eigenvalue weighted by atomic mass is 10.3. The van der Waals surface area contributed by atoms with Crippen LogP contribution in [0.25, 0.3) is 0 Å². The van der Waals surface area contributed by atoms with E-state index in [4.69, 9.17) is 11.6 Å². The highest BCUT2D eigenvalue weighted by atomic mass is 35.5. The quantitative estimate of drug-likeness (QED) is 0.940. The maximum absolute atomic E-state index is 13.6. The third-order valence-corrected chi connectivity index (χ3v) is 3.17. The Hall–Kier alpha value is -1.88. The third-order valence-electron chi connectivity index (χ3n) is 2.88. The largest absolute Gasteiger partial charge is 0.323 e. The Balaban J connectivity index is 1.96. The van der Waals surface area contributed by atoms with E-state index in [1.807, 2.05) is 19.9 Å². The number of carbonyl (C=O) groups is 1. The first-order valence-corrected chi connectivity index (χ1v) is 6.60. The standard InChI is InChI=1S/C14H15ClFN3O/c1-9-8-10(2)19(18-9)7-6-13(20)17-12-5-3-4-11(15)14(12)16/h3-5,8H,6-7H2,1-2H3,(H,17,20). The van der Waals surface area contributed by atoms with Crippen molar-refractivity contribution >= 4 is 23.2 Å². The fourth-order valence-electron chi connectivity index (χ4n) is 1.92. The number of nitrogens with zero attached hydrogens (tertiary/aromatic N) is 2. The third kappa shape index (κ3) is 3.36. The van der Waals surface area contributed by atoms with Crippen molar-refractivity contribution in [3.63, 3.8) is 0 Å². The van der Waals surface area contributed by atoms with Crippen LogP contribution < -0.4 is 5.32 Å². The lowest BCUT2D eigenvalue weighted by molar-refractivity contribution is -0.116. The molecule has 1 aromatic heterocycles. The second kappa shape index (κ2) is 6.05. The highest BCUT2D eigenvalue weighted by Crippen LogP contribution is 2.22. The zero-order valence-electron chi connectivity index (χ0n) is 11.3. The van der Waals surface area contributed by atoms with Crippen LogP contribution in [-0.2, 0) is 11.3 Å². The number of anilines is 1. The first-order chi connectivity index (χ1) is 9.47. The first-order valence-electron chi connectivity index (χ1n) is 6.22. The van der Waals surface area contributed by atoms with Crippen molar-refractivity contribution in [1.82, 2.24) is 9.78 Å². The molecule has 20 heavy (non-hydrogen) atoms. The number of amides is 1. The van der Waals surface area contributed by atoms with Crippen LogP contribution in [-0.4, -0.2) is 15.7 Å². The zero-order chi connectivity index (χ0) is 14.7. The number of aromatic nitrogens is 2. The van der Waals surface area contributed by atoms with Crippen molar-refractivity contribution in [1.29, 1.82) is 0 Å². The fraction of sp³-hybridized carbons (Fsp3) is 0.286. The van der Waals surface area contributed by atoms with E-state index >= 15 is 0 Å².